The Morgan fingerprint density at radius 3 is 2.78 bits per heavy atom. The molecule has 1 aliphatic carbocycles. The summed E-state index contributed by atoms with van der Waals surface area (Å²) in [5.41, 5.74) is 7.41. The Bertz CT molecular complexity index is 388. The largest absolute Gasteiger partial charge is 0.327 e. The first-order valence-electron chi connectivity index (χ1n) is 6.90. The van der Waals surface area contributed by atoms with Crippen molar-refractivity contribution >= 4 is 23.4 Å². The summed E-state index contributed by atoms with van der Waals surface area (Å²) in [7, 11) is 0. The minimum absolute atomic E-state index is 0.242. The number of hydrogen-bond donors (Lipinski definition) is 1. The van der Waals surface area contributed by atoms with Crippen LogP contribution in [-0.2, 0) is 6.42 Å². The van der Waals surface area contributed by atoms with Crippen LogP contribution in [-0.4, -0.2) is 11.3 Å². The van der Waals surface area contributed by atoms with Gasteiger partial charge in [-0.25, -0.2) is 0 Å². The zero-order valence-corrected chi connectivity index (χ0v) is 12.6. The molecule has 18 heavy (non-hydrogen) atoms. The van der Waals surface area contributed by atoms with Crippen LogP contribution in [0.1, 0.15) is 44.6 Å². The van der Waals surface area contributed by atoms with Crippen LogP contribution < -0.4 is 5.73 Å². The molecule has 3 heteroatoms. The predicted octanol–water partition coefficient (Wildman–Crippen LogP) is 4.65. The van der Waals surface area contributed by atoms with Crippen LogP contribution >= 0.6 is 23.4 Å². The second-order valence-corrected chi connectivity index (χ2v) is 6.84. The van der Waals surface area contributed by atoms with Gasteiger partial charge in [-0.15, -0.1) is 11.8 Å². The van der Waals surface area contributed by atoms with Gasteiger partial charge in [0, 0.05) is 16.2 Å². The van der Waals surface area contributed by atoms with E-state index in [1.807, 2.05) is 23.9 Å². The minimum atomic E-state index is 0.242. The third-order valence-corrected chi connectivity index (χ3v) is 5.59. The molecule has 0 bridgehead atoms. The molecule has 1 aromatic carbocycles. The second-order valence-electron chi connectivity index (χ2n) is 5.12. The van der Waals surface area contributed by atoms with E-state index in [1.165, 1.54) is 36.1 Å². The fraction of sp³-hybridized carbons (Fsp3) is 0.600. The summed E-state index contributed by atoms with van der Waals surface area (Å²) in [4.78, 5) is 1.27. The van der Waals surface area contributed by atoms with Gasteiger partial charge in [0.15, 0.2) is 0 Å². The molecule has 1 nitrogen and oxygen atoms in total. The predicted molar refractivity (Wildman–Crippen MR) is 81.5 cm³/mol. The van der Waals surface area contributed by atoms with Gasteiger partial charge in [0.2, 0.25) is 0 Å². The molecule has 0 spiro atoms. The van der Waals surface area contributed by atoms with Gasteiger partial charge in [-0.05, 0) is 37.3 Å². The van der Waals surface area contributed by atoms with E-state index >= 15 is 0 Å². The quantitative estimate of drug-likeness (QED) is 0.851. The molecule has 0 saturated heterocycles. The Morgan fingerprint density at radius 1 is 1.39 bits per heavy atom. The Hall–Kier alpha value is -0.180. The number of halogens is 1. The summed E-state index contributed by atoms with van der Waals surface area (Å²) in [5, 5.41) is 1.65. The minimum Gasteiger partial charge on any atom is -0.327 e. The maximum absolute atomic E-state index is 6.37. The van der Waals surface area contributed by atoms with Crippen LogP contribution in [0.3, 0.4) is 0 Å². The number of benzene rings is 1. The lowest BCUT2D eigenvalue weighted by atomic mass is 10.0. The van der Waals surface area contributed by atoms with Gasteiger partial charge in [-0.1, -0.05) is 43.5 Å². The Balaban J connectivity index is 2.14. The summed E-state index contributed by atoms with van der Waals surface area (Å²) in [6, 6.07) is 6.46. The van der Waals surface area contributed by atoms with E-state index in [1.54, 1.807) is 0 Å². The highest BCUT2D eigenvalue weighted by Gasteiger charge is 2.19. The van der Waals surface area contributed by atoms with Gasteiger partial charge in [-0.2, -0.15) is 0 Å². The lowest BCUT2D eigenvalue weighted by Crippen LogP contribution is -2.21. The first kappa shape index (κ1) is 14.2. The first-order valence-corrected chi connectivity index (χ1v) is 8.16. The Morgan fingerprint density at radius 2 is 2.11 bits per heavy atom. The van der Waals surface area contributed by atoms with Crippen LogP contribution in [0.15, 0.2) is 23.1 Å². The molecule has 2 rings (SSSR count). The van der Waals surface area contributed by atoms with Crippen molar-refractivity contribution in [3.05, 3.63) is 28.8 Å². The molecule has 1 aliphatic rings. The Labute approximate surface area is 119 Å². The molecule has 1 saturated carbocycles. The van der Waals surface area contributed by atoms with E-state index < -0.39 is 0 Å². The molecular weight excluding hydrogens is 262 g/mol. The topological polar surface area (TPSA) is 26.0 Å². The van der Waals surface area contributed by atoms with Gasteiger partial charge in [0.1, 0.15) is 0 Å². The van der Waals surface area contributed by atoms with Crippen molar-refractivity contribution in [1.29, 1.82) is 0 Å². The zero-order chi connectivity index (χ0) is 13.0. The van der Waals surface area contributed by atoms with Crippen molar-refractivity contribution in [2.45, 2.75) is 61.6 Å². The van der Waals surface area contributed by atoms with Gasteiger partial charge < -0.3 is 5.73 Å². The molecular formula is C15H22ClNS. The molecule has 1 aromatic rings. The van der Waals surface area contributed by atoms with E-state index in [-0.39, 0.29) is 6.04 Å². The lowest BCUT2D eigenvalue weighted by Gasteiger charge is -2.17. The van der Waals surface area contributed by atoms with E-state index in [9.17, 15) is 0 Å². The average Bonchev–Trinajstić information content (AvgIpc) is 2.86. The summed E-state index contributed by atoms with van der Waals surface area (Å²) in [6.07, 6.45) is 7.34. The monoisotopic (exact) mass is 283 g/mol. The van der Waals surface area contributed by atoms with Crippen molar-refractivity contribution in [3.8, 4) is 0 Å². The maximum Gasteiger partial charge on any atom is 0.0544 e. The van der Waals surface area contributed by atoms with Crippen LogP contribution in [0.2, 0.25) is 5.02 Å². The standard InChI is InChI=1S/C15H22ClNS/c1-2-12(17)10-11-6-5-9-14(16)15(11)18-13-7-3-4-8-13/h5-6,9,12-13H,2-4,7-8,10,17H2,1H3. The van der Waals surface area contributed by atoms with E-state index in [2.05, 4.69) is 13.0 Å². The van der Waals surface area contributed by atoms with Crippen molar-refractivity contribution in [1.82, 2.24) is 0 Å². The molecule has 0 aromatic heterocycles. The summed E-state index contributed by atoms with van der Waals surface area (Å²) >= 11 is 8.34. The van der Waals surface area contributed by atoms with Crippen LogP contribution in [0, 0.1) is 0 Å². The van der Waals surface area contributed by atoms with Crippen molar-refractivity contribution in [3.63, 3.8) is 0 Å². The molecule has 2 N–H and O–H groups in total. The molecule has 0 aliphatic heterocycles. The highest BCUT2D eigenvalue weighted by Crippen LogP contribution is 2.40. The highest BCUT2D eigenvalue weighted by atomic mass is 35.5. The van der Waals surface area contributed by atoms with E-state index in [0.29, 0.717) is 0 Å². The molecule has 1 atom stereocenters. The number of nitrogens with two attached hydrogens (primary N) is 1. The maximum atomic E-state index is 6.37. The molecule has 1 unspecified atom stereocenters. The van der Waals surface area contributed by atoms with Crippen LogP contribution in [0.25, 0.3) is 0 Å². The van der Waals surface area contributed by atoms with Crippen molar-refractivity contribution < 1.29 is 0 Å². The molecule has 0 amide bonds. The van der Waals surface area contributed by atoms with Gasteiger partial charge >= 0.3 is 0 Å². The van der Waals surface area contributed by atoms with Crippen molar-refractivity contribution in [2.75, 3.05) is 0 Å². The summed E-state index contributed by atoms with van der Waals surface area (Å²) < 4.78 is 0. The highest BCUT2D eigenvalue weighted by molar-refractivity contribution is 8.00. The van der Waals surface area contributed by atoms with Crippen LogP contribution in [0.4, 0.5) is 0 Å². The van der Waals surface area contributed by atoms with Crippen molar-refractivity contribution in [2.24, 2.45) is 5.73 Å². The SMILES string of the molecule is CCC(N)Cc1cccc(Cl)c1SC1CCCC1. The molecule has 100 valence electrons. The Kier molecular flexibility index (Phi) is 5.40. The fourth-order valence-electron chi connectivity index (χ4n) is 2.45. The smallest absolute Gasteiger partial charge is 0.0544 e. The van der Waals surface area contributed by atoms with Gasteiger partial charge in [0.25, 0.3) is 0 Å². The average molecular weight is 284 g/mol. The number of hydrogen-bond acceptors (Lipinski definition) is 2. The number of rotatable bonds is 5. The molecule has 0 heterocycles. The third kappa shape index (κ3) is 3.66. The molecule has 0 radical (unpaired) electrons. The third-order valence-electron chi connectivity index (χ3n) is 3.64. The van der Waals surface area contributed by atoms with Crippen LogP contribution in [0.5, 0.6) is 0 Å². The van der Waals surface area contributed by atoms with E-state index in [4.69, 9.17) is 17.3 Å². The number of thioether (sulfide) groups is 1. The second kappa shape index (κ2) is 6.83. The summed E-state index contributed by atoms with van der Waals surface area (Å²) in [5.74, 6) is 0. The van der Waals surface area contributed by atoms with E-state index in [0.717, 1.165) is 23.1 Å². The van der Waals surface area contributed by atoms with Gasteiger partial charge in [0.05, 0.1) is 5.02 Å². The summed E-state index contributed by atoms with van der Waals surface area (Å²) in [6.45, 7) is 2.14. The van der Waals surface area contributed by atoms with Gasteiger partial charge in [-0.3, -0.25) is 0 Å². The zero-order valence-electron chi connectivity index (χ0n) is 11.0. The first-order chi connectivity index (χ1) is 8.70. The normalized spacial score (nSPS) is 18.2. The lowest BCUT2D eigenvalue weighted by molar-refractivity contribution is 0.641. The molecule has 1 fully saturated rings. The fourth-order valence-corrected chi connectivity index (χ4v) is 4.16.